The van der Waals surface area contributed by atoms with Gasteiger partial charge in [0.2, 0.25) is 0 Å². The summed E-state index contributed by atoms with van der Waals surface area (Å²) in [7, 11) is 0. The molecule has 4 rings (SSSR count). The summed E-state index contributed by atoms with van der Waals surface area (Å²) in [6.07, 6.45) is 0. The zero-order valence-corrected chi connectivity index (χ0v) is 13.0. The molecule has 1 fully saturated rings. The Kier molecular flexibility index (Phi) is 3.66. The van der Waals surface area contributed by atoms with E-state index in [1.807, 2.05) is 12.1 Å². The number of nitrogens with zero attached hydrogens (tertiary/aromatic N) is 2. The van der Waals surface area contributed by atoms with Crippen LogP contribution in [0.5, 0.6) is 5.75 Å². The predicted octanol–water partition coefficient (Wildman–Crippen LogP) is 2.13. The van der Waals surface area contributed by atoms with Crippen molar-refractivity contribution in [1.29, 1.82) is 0 Å². The molecule has 6 heteroatoms. The van der Waals surface area contributed by atoms with Gasteiger partial charge in [-0.1, -0.05) is 12.1 Å². The number of fused-ring (bicyclic) bond motifs is 1. The maximum absolute atomic E-state index is 12.2. The highest BCUT2D eigenvalue weighted by molar-refractivity contribution is 5.80. The fourth-order valence-corrected chi connectivity index (χ4v) is 2.95. The molecule has 1 aliphatic heterocycles. The third-order valence-electron chi connectivity index (χ3n) is 4.23. The summed E-state index contributed by atoms with van der Waals surface area (Å²) in [6.45, 7) is 2.96. The lowest BCUT2D eigenvalue weighted by atomic mass is 10.1. The summed E-state index contributed by atoms with van der Waals surface area (Å²) in [5.41, 5.74) is 1.83. The molecule has 0 radical (unpaired) electrons. The van der Waals surface area contributed by atoms with Crippen molar-refractivity contribution in [1.82, 2.24) is 9.97 Å². The van der Waals surface area contributed by atoms with E-state index in [2.05, 4.69) is 14.9 Å². The first kappa shape index (κ1) is 14.7. The van der Waals surface area contributed by atoms with Crippen molar-refractivity contribution in [2.24, 2.45) is 0 Å². The van der Waals surface area contributed by atoms with Gasteiger partial charge in [0.1, 0.15) is 11.6 Å². The summed E-state index contributed by atoms with van der Waals surface area (Å²) in [4.78, 5) is 21.6. The Morgan fingerprint density at radius 1 is 1.12 bits per heavy atom. The number of rotatable bonds is 2. The summed E-state index contributed by atoms with van der Waals surface area (Å²) in [6, 6.07) is 12.6. The number of para-hydroxylation sites is 1. The average molecular weight is 323 g/mol. The molecule has 2 heterocycles. The van der Waals surface area contributed by atoms with Gasteiger partial charge in [-0.2, -0.15) is 0 Å². The predicted molar refractivity (Wildman–Crippen MR) is 92.5 cm³/mol. The number of phenols is 1. The van der Waals surface area contributed by atoms with Crippen molar-refractivity contribution < 1.29 is 9.84 Å². The van der Waals surface area contributed by atoms with Gasteiger partial charge in [-0.05, 0) is 24.3 Å². The Hall–Kier alpha value is -2.86. The molecule has 1 saturated heterocycles. The minimum absolute atomic E-state index is 0.0948. The lowest BCUT2D eigenvalue weighted by molar-refractivity contribution is 0.122. The Morgan fingerprint density at radius 2 is 1.92 bits per heavy atom. The van der Waals surface area contributed by atoms with E-state index in [1.165, 1.54) is 0 Å². The standard InChI is InChI=1S/C18H17N3O3/c22-16-11-12(21-7-9-24-10-8-21)5-6-14(16)17-19-15-4-2-1-3-13(15)18(23)20-17/h1-6,11,22H,7-10H2,(H,19,20,23). The Labute approximate surface area is 138 Å². The molecule has 0 spiro atoms. The number of ether oxygens (including phenoxy) is 1. The van der Waals surface area contributed by atoms with Crippen LogP contribution in [0, 0.1) is 0 Å². The number of anilines is 1. The highest BCUT2D eigenvalue weighted by Gasteiger charge is 2.15. The minimum atomic E-state index is -0.216. The zero-order valence-electron chi connectivity index (χ0n) is 13.0. The van der Waals surface area contributed by atoms with Crippen LogP contribution in [0.4, 0.5) is 5.69 Å². The quantitative estimate of drug-likeness (QED) is 0.755. The van der Waals surface area contributed by atoms with Gasteiger partial charge in [0.25, 0.3) is 5.56 Å². The van der Waals surface area contributed by atoms with E-state index in [1.54, 1.807) is 30.3 Å². The fourth-order valence-electron chi connectivity index (χ4n) is 2.95. The molecule has 3 aromatic rings. The van der Waals surface area contributed by atoms with E-state index in [9.17, 15) is 9.90 Å². The van der Waals surface area contributed by atoms with Crippen molar-refractivity contribution in [3.63, 3.8) is 0 Å². The lowest BCUT2D eigenvalue weighted by Crippen LogP contribution is -2.36. The summed E-state index contributed by atoms with van der Waals surface area (Å²) in [5, 5.41) is 11.0. The van der Waals surface area contributed by atoms with Crippen LogP contribution in [0.15, 0.2) is 47.3 Å². The van der Waals surface area contributed by atoms with Crippen molar-refractivity contribution >= 4 is 16.6 Å². The molecule has 1 aliphatic rings. The van der Waals surface area contributed by atoms with E-state index >= 15 is 0 Å². The Balaban J connectivity index is 1.75. The highest BCUT2D eigenvalue weighted by atomic mass is 16.5. The van der Waals surface area contributed by atoms with Crippen LogP contribution >= 0.6 is 0 Å². The Bertz CT molecular complexity index is 946. The second kappa shape index (κ2) is 5.98. The molecule has 0 unspecified atom stereocenters. The number of aromatic hydroxyl groups is 1. The molecule has 2 aromatic carbocycles. The van der Waals surface area contributed by atoms with Crippen molar-refractivity contribution in [3.05, 3.63) is 52.8 Å². The number of phenolic OH excluding ortho intramolecular Hbond substituents is 1. The van der Waals surface area contributed by atoms with Crippen LogP contribution in [0.1, 0.15) is 0 Å². The second-order valence-corrected chi connectivity index (χ2v) is 5.73. The van der Waals surface area contributed by atoms with Gasteiger partial charge in [-0.25, -0.2) is 4.98 Å². The topological polar surface area (TPSA) is 78.5 Å². The van der Waals surface area contributed by atoms with Gasteiger partial charge in [0.05, 0.1) is 29.7 Å². The zero-order chi connectivity index (χ0) is 16.5. The first-order chi connectivity index (χ1) is 11.7. The molecule has 0 amide bonds. The summed E-state index contributed by atoms with van der Waals surface area (Å²) < 4.78 is 5.34. The maximum Gasteiger partial charge on any atom is 0.259 e. The Morgan fingerprint density at radius 3 is 2.71 bits per heavy atom. The van der Waals surface area contributed by atoms with Crippen LogP contribution in [-0.4, -0.2) is 41.4 Å². The van der Waals surface area contributed by atoms with Crippen molar-refractivity contribution in [3.8, 4) is 17.1 Å². The first-order valence-corrected chi connectivity index (χ1v) is 7.87. The molecule has 0 bridgehead atoms. The fraction of sp³-hybridized carbons (Fsp3) is 0.222. The van der Waals surface area contributed by atoms with E-state index in [0.717, 1.165) is 18.8 Å². The molecule has 24 heavy (non-hydrogen) atoms. The molecule has 6 nitrogen and oxygen atoms in total. The number of benzene rings is 2. The molecular formula is C18H17N3O3. The monoisotopic (exact) mass is 323 g/mol. The SMILES string of the molecule is O=c1[nH]c(-c2ccc(N3CCOCC3)cc2O)nc2ccccc12. The molecule has 0 aliphatic carbocycles. The van der Waals surface area contributed by atoms with Crippen LogP contribution in [-0.2, 0) is 4.74 Å². The number of hydrogen-bond acceptors (Lipinski definition) is 5. The molecule has 1 aromatic heterocycles. The van der Waals surface area contributed by atoms with E-state index in [4.69, 9.17) is 4.74 Å². The van der Waals surface area contributed by atoms with Gasteiger partial charge >= 0.3 is 0 Å². The number of aromatic amines is 1. The largest absolute Gasteiger partial charge is 0.507 e. The second-order valence-electron chi connectivity index (χ2n) is 5.73. The van der Waals surface area contributed by atoms with Crippen LogP contribution in [0.25, 0.3) is 22.3 Å². The lowest BCUT2D eigenvalue weighted by Gasteiger charge is -2.29. The molecule has 122 valence electrons. The number of hydrogen-bond donors (Lipinski definition) is 2. The number of aromatic nitrogens is 2. The van der Waals surface area contributed by atoms with Gasteiger partial charge in [-0.3, -0.25) is 4.79 Å². The van der Waals surface area contributed by atoms with Crippen LogP contribution < -0.4 is 10.5 Å². The van der Waals surface area contributed by atoms with E-state index in [-0.39, 0.29) is 11.3 Å². The van der Waals surface area contributed by atoms with Crippen LogP contribution in [0.2, 0.25) is 0 Å². The normalized spacial score (nSPS) is 14.9. The van der Waals surface area contributed by atoms with Gasteiger partial charge < -0.3 is 19.7 Å². The van der Waals surface area contributed by atoms with Gasteiger partial charge in [0.15, 0.2) is 0 Å². The third-order valence-corrected chi connectivity index (χ3v) is 4.23. The number of nitrogens with one attached hydrogen (secondary N) is 1. The number of morpholine rings is 1. The maximum atomic E-state index is 12.2. The number of H-pyrrole nitrogens is 1. The molecule has 0 saturated carbocycles. The molecule has 2 N–H and O–H groups in total. The van der Waals surface area contributed by atoms with Crippen molar-refractivity contribution in [2.45, 2.75) is 0 Å². The highest BCUT2D eigenvalue weighted by Crippen LogP contribution is 2.31. The van der Waals surface area contributed by atoms with Crippen LogP contribution in [0.3, 0.4) is 0 Å². The van der Waals surface area contributed by atoms with E-state index < -0.39 is 0 Å². The molecule has 0 atom stereocenters. The molecular weight excluding hydrogens is 306 g/mol. The first-order valence-electron chi connectivity index (χ1n) is 7.87. The van der Waals surface area contributed by atoms with Crippen molar-refractivity contribution in [2.75, 3.05) is 31.2 Å². The van der Waals surface area contributed by atoms with Gasteiger partial charge in [0, 0.05) is 24.8 Å². The smallest absolute Gasteiger partial charge is 0.259 e. The van der Waals surface area contributed by atoms with Gasteiger partial charge in [-0.15, -0.1) is 0 Å². The summed E-state index contributed by atoms with van der Waals surface area (Å²) >= 11 is 0. The third kappa shape index (κ3) is 2.61. The average Bonchev–Trinajstić information content (AvgIpc) is 2.62. The van der Waals surface area contributed by atoms with E-state index in [0.29, 0.717) is 35.5 Å². The minimum Gasteiger partial charge on any atom is -0.507 e. The summed E-state index contributed by atoms with van der Waals surface area (Å²) in [5.74, 6) is 0.460.